The Labute approximate surface area is 121 Å². The summed E-state index contributed by atoms with van der Waals surface area (Å²) in [4.78, 5) is 22.9. The maximum absolute atomic E-state index is 13.3. The molecule has 1 N–H and O–H groups in total. The van der Waals surface area contributed by atoms with Gasteiger partial charge in [-0.05, 0) is 18.6 Å². The van der Waals surface area contributed by atoms with Crippen molar-refractivity contribution in [3.63, 3.8) is 0 Å². The highest BCUT2D eigenvalue weighted by Gasteiger charge is 2.12. The van der Waals surface area contributed by atoms with Gasteiger partial charge in [0.1, 0.15) is 18.2 Å². The van der Waals surface area contributed by atoms with Crippen LogP contribution in [0.25, 0.3) is 0 Å². The van der Waals surface area contributed by atoms with Crippen LogP contribution in [-0.4, -0.2) is 25.0 Å². The topological polar surface area (TPSA) is 55.4 Å². The number of carbonyl (C=O) groups is 2. The van der Waals surface area contributed by atoms with Gasteiger partial charge in [0.25, 0.3) is 5.91 Å². The lowest BCUT2D eigenvalue weighted by Crippen LogP contribution is -2.27. The van der Waals surface area contributed by atoms with Crippen LogP contribution in [0.2, 0.25) is 0 Å². The van der Waals surface area contributed by atoms with Crippen LogP contribution in [0.1, 0.15) is 30.1 Å². The van der Waals surface area contributed by atoms with Gasteiger partial charge in [0.15, 0.2) is 0 Å². The van der Waals surface area contributed by atoms with E-state index in [0.717, 1.165) is 18.6 Å². The average molecular weight is 297 g/mol. The number of halogens is 2. The molecule has 0 radical (unpaired) electrons. The Balaban J connectivity index is 2.33. The van der Waals surface area contributed by atoms with E-state index >= 15 is 0 Å². The van der Waals surface area contributed by atoms with E-state index in [9.17, 15) is 18.4 Å². The van der Waals surface area contributed by atoms with Crippen molar-refractivity contribution in [1.82, 2.24) is 5.32 Å². The summed E-state index contributed by atoms with van der Waals surface area (Å²) in [7, 11) is 0. The first-order valence-corrected chi connectivity index (χ1v) is 6.58. The third-order valence-corrected chi connectivity index (χ3v) is 2.53. The predicted octanol–water partition coefficient (Wildman–Crippen LogP) is 2.59. The maximum Gasteiger partial charge on any atom is 0.307 e. The van der Waals surface area contributed by atoms with Gasteiger partial charge in [-0.25, -0.2) is 8.78 Å². The SMILES string of the molecule is CCC=CCOC(=O)CCNC(=O)c1ccc(F)cc1F. The molecule has 0 spiro atoms. The molecule has 0 aromatic heterocycles. The summed E-state index contributed by atoms with van der Waals surface area (Å²) in [6, 6.07) is 2.67. The van der Waals surface area contributed by atoms with Crippen molar-refractivity contribution >= 4 is 11.9 Å². The zero-order valence-corrected chi connectivity index (χ0v) is 11.7. The zero-order chi connectivity index (χ0) is 15.7. The van der Waals surface area contributed by atoms with Crippen LogP contribution in [0.15, 0.2) is 30.4 Å². The summed E-state index contributed by atoms with van der Waals surface area (Å²) in [6.45, 7) is 2.17. The lowest BCUT2D eigenvalue weighted by molar-refractivity contribution is -0.142. The van der Waals surface area contributed by atoms with E-state index in [1.807, 2.05) is 13.0 Å². The second-order valence-electron chi connectivity index (χ2n) is 4.19. The summed E-state index contributed by atoms with van der Waals surface area (Å²) in [5, 5.41) is 2.37. The number of hydrogen-bond donors (Lipinski definition) is 1. The van der Waals surface area contributed by atoms with Crippen LogP contribution in [0.3, 0.4) is 0 Å². The van der Waals surface area contributed by atoms with Crippen molar-refractivity contribution in [2.75, 3.05) is 13.2 Å². The quantitative estimate of drug-likeness (QED) is 0.621. The summed E-state index contributed by atoms with van der Waals surface area (Å²) < 4.78 is 30.9. The largest absolute Gasteiger partial charge is 0.461 e. The third-order valence-electron chi connectivity index (χ3n) is 2.53. The van der Waals surface area contributed by atoms with E-state index in [-0.39, 0.29) is 25.1 Å². The Morgan fingerprint density at radius 3 is 2.71 bits per heavy atom. The van der Waals surface area contributed by atoms with Crippen LogP contribution >= 0.6 is 0 Å². The van der Waals surface area contributed by atoms with Gasteiger partial charge in [-0.2, -0.15) is 0 Å². The molecular formula is C15H17F2NO3. The Hall–Kier alpha value is -2.24. The molecule has 1 rings (SSSR count). The molecule has 0 atom stereocenters. The van der Waals surface area contributed by atoms with Gasteiger partial charge in [0.2, 0.25) is 0 Å². The first kappa shape index (κ1) is 16.8. The molecule has 0 saturated carbocycles. The van der Waals surface area contributed by atoms with E-state index in [0.29, 0.717) is 6.07 Å². The molecule has 4 nitrogen and oxygen atoms in total. The number of hydrogen-bond acceptors (Lipinski definition) is 3. The standard InChI is InChI=1S/C15H17F2NO3/c1-2-3-4-9-21-14(19)7-8-18-15(20)12-6-5-11(16)10-13(12)17/h3-6,10H,2,7-9H2,1H3,(H,18,20). The molecule has 0 aliphatic heterocycles. The fourth-order valence-electron chi connectivity index (χ4n) is 1.49. The Kier molecular flexibility index (Phi) is 7.08. The molecule has 0 saturated heterocycles. The van der Waals surface area contributed by atoms with Crippen molar-refractivity contribution in [2.24, 2.45) is 0 Å². The van der Waals surface area contributed by atoms with Crippen molar-refractivity contribution in [1.29, 1.82) is 0 Å². The highest BCUT2D eigenvalue weighted by molar-refractivity contribution is 5.94. The molecule has 6 heteroatoms. The summed E-state index contributed by atoms with van der Waals surface area (Å²) in [5.74, 6) is -2.87. The zero-order valence-electron chi connectivity index (χ0n) is 11.7. The molecule has 0 aliphatic rings. The summed E-state index contributed by atoms with van der Waals surface area (Å²) >= 11 is 0. The Morgan fingerprint density at radius 2 is 2.05 bits per heavy atom. The van der Waals surface area contributed by atoms with Crippen LogP contribution in [-0.2, 0) is 9.53 Å². The number of amides is 1. The van der Waals surface area contributed by atoms with Gasteiger partial charge in [0.05, 0.1) is 12.0 Å². The average Bonchev–Trinajstić information content (AvgIpc) is 2.43. The van der Waals surface area contributed by atoms with E-state index in [4.69, 9.17) is 4.74 Å². The molecule has 0 fully saturated rings. The maximum atomic E-state index is 13.3. The van der Waals surface area contributed by atoms with Gasteiger partial charge in [0, 0.05) is 12.6 Å². The minimum Gasteiger partial charge on any atom is -0.461 e. The third kappa shape index (κ3) is 6.16. The molecule has 0 heterocycles. The lowest BCUT2D eigenvalue weighted by atomic mass is 10.2. The number of benzene rings is 1. The second kappa shape index (κ2) is 8.84. The van der Waals surface area contributed by atoms with E-state index in [2.05, 4.69) is 5.32 Å². The molecule has 1 aromatic rings. The molecular weight excluding hydrogens is 280 g/mol. The Bertz CT molecular complexity index is 530. The van der Waals surface area contributed by atoms with Crippen LogP contribution < -0.4 is 5.32 Å². The lowest BCUT2D eigenvalue weighted by Gasteiger charge is -2.06. The molecule has 114 valence electrons. The number of esters is 1. The number of nitrogens with one attached hydrogen (secondary N) is 1. The van der Waals surface area contributed by atoms with Gasteiger partial charge < -0.3 is 10.1 Å². The van der Waals surface area contributed by atoms with Crippen LogP contribution in [0.4, 0.5) is 8.78 Å². The highest BCUT2D eigenvalue weighted by Crippen LogP contribution is 2.09. The number of rotatable bonds is 7. The first-order valence-electron chi connectivity index (χ1n) is 6.58. The summed E-state index contributed by atoms with van der Waals surface area (Å²) in [5.41, 5.74) is -0.268. The second-order valence-corrected chi connectivity index (χ2v) is 4.19. The van der Waals surface area contributed by atoms with Crippen LogP contribution in [0, 0.1) is 11.6 Å². The van der Waals surface area contributed by atoms with Crippen molar-refractivity contribution < 1.29 is 23.1 Å². The predicted molar refractivity (Wildman–Crippen MR) is 73.7 cm³/mol. The minimum absolute atomic E-state index is 0.0193. The van der Waals surface area contributed by atoms with Gasteiger partial charge in [-0.15, -0.1) is 0 Å². The van der Waals surface area contributed by atoms with Crippen molar-refractivity contribution in [3.05, 3.63) is 47.5 Å². The van der Waals surface area contributed by atoms with E-state index in [1.54, 1.807) is 6.08 Å². The smallest absolute Gasteiger partial charge is 0.307 e. The molecule has 1 amide bonds. The Morgan fingerprint density at radius 1 is 1.29 bits per heavy atom. The van der Waals surface area contributed by atoms with Crippen molar-refractivity contribution in [3.8, 4) is 0 Å². The fraction of sp³-hybridized carbons (Fsp3) is 0.333. The molecule has 1 aromatic carbocycles. The molecule has 21 heavy (non-hydrogen) atoms. The number of allylic oxidation sites excluding steroid dienone is 1. The number of carbonyl (C=O) groups excluding carboxylic acids is 2. The molecule has 0 unspecified atom stereocenters. The molecule has 0 bridgehead atoms. The monoisotopic (exact) mass is 297 g/mol. The van der Waals surface area contributed by atoms with Gasteiger partial charge in [-0.1, -0.05) is 19.1 Å². The van der Waals surface area contributed by atoms with E-state index in [1.165, 1.54) is 0 Å². The minimum atomic E-state index is -0.945. The van der Waals surface area contributed by atoms with E-state index < -0.39 is 23.5 Å². The first-order chi connectivity index (χ1) is 10.0. The van der Waals surface area contributed by atoms with Crippen molar-refractivity contribution in [2.45, 2.75) is 19.8 Å². The fourth-order valence-corrected chi connectivity index (χ4v) is 1.49. The van der Waals surface area contributed by atoms with Gasteiger partial charge >= 0.3 is 5.97 Å². The highest BCUT2D eigenvalue weighted by atomic mass is 19.1. The molecule has 0 aliphatic carbocycles. The van der Waals surface area contributed by atoms with Crippen LogP contribution in [0.5, 0.6) is 0 Å². The normalized spacial score (nSPS) is 10.6. The number of ether oxygens (including phenoxy) is 1. The summed E-state index contributed by atoms with van der Waals surface area (Å²) in [6.07, 6.45) is 4.43. The van der Waals surface area contributed by atoms with Gasteiger partial charge in [-0.3, -0.25) is 9.59 Å².